The minimum Gasteiger partial charge on any atom is -0.358 e. The lowest BCUT2D eigenvalue weighted by Crippen LogP contribution is -2.11. The Labute approximate surface area is 124 Å². The van der Waals surface area contributed by atoms with E-state index in [1.807, 2.05) is 0 Å². The number of halogens is 2. The summed E-state index contributed by atoms with van der Waals surface area (Å²) >= 11 is 6.31. The molecule has 0 aliphatic rings. The second-order valence-electron chi connectivity index (χ2n) is 3.69. The van der Waals surface area contributed by atoms with Gasteiger partial charge >= 0.3 is 5.82 Å². The van der Waals surface area contributed by atoms with Crippen LogP contribution in [0.15, 0.2) is 39.4 Å². The van der Waals surface area contributed by atoms with Gasteiger partial charge in [-0.2, -0.15) is 4.68 Å². The van der Waals surface area contributed by atoms with E-state index in [2.05, 4.69) is 37.0 Å². The van der Waals surface area contributed by atoms with Gasteiger partial charge in [-0.15, -0.1) is 0 Å². The van der Waals surface area contributed by atoms with Gasteiger partial charge in [-0.1, -0.05) is 28.1 Å². The SMILES string of the molecule is O=C(Cn1cc(Br)c([N+](=O)[O-])n1)c1ccc(Br)cc1. The van der Waals surface area contributed by atoms with Gasteiger partial charge < -0.3 is 10.1 Å². The number of hydrogen-bond donors (Lipinski definition) is 0. The number of benzene rings is 1. The summed E-state index contributed by atoms with van der Waals surface area (Å²) in [6.45, 7) is -0.0475. The van der Waals surface area contributed by atoms with E-state index in [1.54, 1.807) is 24.3 Å². The van der Waals surface area contributed by atoms with Crippen molar-refractivity contribution >= 4 is 43.5 Å². The molecule has 19 heavy (non-hydrogen) atoms. The molecule has 1 aromatic heterocycles. The van der Waals surface area contributed by atoms with Crippen molar-refractivity contribution in [1.82, 2.24) is 9.78 Å². The third-order valence-electron chi connectivity index (χ3n) is 2.34. The zero-order valence-corrected chi connectivity index (χ0v) is 12.6. The number of nitro groups is 1. The number of rotatable bonds is 4. The van der Waals surface area contributed by atoms with Gasteiger partial charge in [0.05, 0.1) is 11.3 Å². The van der Waals surface area contributed by atoms with Gasteiger partial charge in [0.2, 0.25) is 0 Å². The number of carbonyl (C=O) groups excluding carboxylic acids is 1. The molecule has 0 atom stereocenters. The number of aromatic nitrogens is 2. The topological polar surface area (TPSA) is 78.0 Å². The Hall–Kier alpha value is -1.54. The van der Waals surface area contributed by atoms with E-state index >= 15 is 0 Å². The van der Waals surface area contributed by atoms with Crippen molar-refractivity contribution in [2.24, 2.45) is 0 Å². The van der Waals surface area contributed by atoms with Crippen molar-refractivity contribution in [1.29, 1.82) is 0 Å². The van der Waals surface area contributed by atoms with E-state index in [4.69, 9.17) is 0 Å². The zero-order valence-electron chi connectivity index (χ0n) is 9.42. The Bertz CT molecular complexity index is 637. The average molecular weight is 389 g/mol. The number of ketones is 1. The highest BCUT2D eigenvalue weighted by atomic mass is 79.9. The molecule has 8 heteroatoms. The van der Waals surface area contributed by atoms with E-state index in [-0.39, 0.29) is 22.6 Å². The highest BCUT2D eigenvalue weighted by Gasteiger charge is 2.20. The maximum Gasteiger partial charge on any atom is 0.404 e. The van der Waals surface area contributed by atoms with Gasteiger partial charge in [-0.05, 0) is 33.0 Å². The monoisotopic (exact) mass is 387 g/mol. The lowest BCUT2D eigenvalue weighted by atomic mass is 10.1. The summed E-state index contributed by atoms with van der Waals surface area (Å²) in [7, 11) is 0. The molecule has 0 radical (unpaired) electrons. The lowest BCUT2D eigenvalue weighted by Gasteiger charge is -1.99. The van der Waals surface area contributed by atoms with Crippen LogP contribution in [-0.2, 0) is 6.54 Å². The fourth-order valence-corrected chi connectivity index (χ4v) is 2.19. The largest absolute Gasteiger partial charge is 0.404 e. The molecule has 0 fully saturated rings. The summed E-state index contributed by atoms with van der Waals surface area (Å²) in [5, 5.41) is 14.4. The molecule has 0 bridgehead atoms. The quantitative estimate of drug-likeness (QED) is 0.457. The van der Waals surface area contributed by atoms with Crippen LogP contribution in [0.5, 0.6) is 0 Å². The molecule has 0 N–H and O–H groups in total. The molecular formula is C11H7Br2N3O3. The maximum atomic E-state index is 12.0. The van der Waals surface area contributed by atoms with Crippen molar-refractivity contribution < 1.29 is 9.72 Å². The molecule has 0 saturated carbocycles. The predicted octanol–water partition coefficient (Wildman–Crippen LogP) is 3.20. The lowest BCUT2D eigenvalue weighted by molar-refractivity contribution is -0.390. The van der Waals surface area contributed by atoms with E-state index < -0.39 is 4.92 Å². The molecule has 2 rings (SSSR count). The molecule has 0 saturated heterocycles. The summed E-state index contributed by atoms with van der Waals surface area (Å²) in [6, 6.07) is 6.88. The fraction of sp³-hybridized carbons (Fsp3) is 0.0909. The van der Waals surface area contributed by atoms with Crippen LogP contribution in [0.4, 0.5) is 5.82 Å². The summed E-state index contributed by atoms with van der Waals surface area (Å²) in [5.74, 6) is -0.471. The Morgan fingerprint density at radius 1 is 1.32 bits per heavy atom. The fourth-order valence-electron chi connectivity index (χ4n) is 1.47. The van der Waals surface area contributed by atoms with Gasteiger partial charge in [0.15, 0.2) is 5.78 Å². The molecule has 0 spiro atoms. The molecule has 1 aromatic carbocycles. The zero-order chi connectivity index (χ0) is 14.0. The Morgan fingerprint density at radius 3 is 2.47 bits per heavy atom. The first-order chi connectivity index (χ1) is 8.97. The van der Waals surface area contributed by atoms with Gasteiger partial charge in [-0.25, -0.2) is 0 Å². The number of hydrogen-bond acceptors (Lipinski definition) is 4. The van der Waals surface area contributed by atoms with E-state index in [0.29, 0.717) is 5.56 Å². The van der Waals surface area contributed by atoms with E-state index in [0.717, 1.165) is 4.47 Å². The first-order valence-corrected chi connectivity index (χ1v) is 6.72. The first-order valence-electron chi connectivity index (χ1n) is 5.13. The number of Topliss-reactive ketones (excluding diaryl/α,β-unsaturated/α-hetero) is 1. The van der Waals surface area contributed by atoms with Crippen molar-refractivity contribution in [2.45, 2.75) is 6.54 Å². The van der Waals surface area contributed by atoms with Crippen LogP contribution in [0, 0.1) is 10.1 Å². The van der Waals surface area contributed by atoms with Crippen molar-refractivity contribution in [3.63, 3.8) is 0 Å². The average Bonchev–Trinajstić information content (AvgIpc) is 2.71. The third kappa shape index (κ3) is 3.27. The summed E-state index contributed by atoms with van der Waals surface area (Å²) in [4.78, 5) is 22.0. The molecule has 2 aromatic rings. The highest BCUT2D eigenvalue weighted by Crippen LogP contribution is 2.22. The Balaban J connectivity index is 2.17. The minimum atomic E-state index is -0.606. The second kappa shape index (κ2) is 5.62. The number of nitrogens with zero attached hydrogens (tertiary/aromatic N) is 3. The maximum absolute atomic E-state index is 12.0. The van der Waals surface area contributed by atoms with Crippen molar-refractivity contribution in [2.75, 3.05) is 0 Å². The molecule has 98 valence electrons. The van der Waals surface area contributed by atoms with Crippen molar-refractivity contribution in [3.8, 4) is 0 Å². The molecule has 0 aliphatic carbocycles. The third-order valence-corrected chi connectivity index (χ3v) is 3.43. The van der Waals surface area contributed by atoms with Crippen LogP contribution in [0.1, 0.15) is 10.4 Å². The summed E-state index contributed by atoms with van der Waals surface area (Å²) in [6.07, 6.45) is 1.41. The summed E-state index contributed by atoms with van der Waals surface area (Å²) in [5.41, 5.74) is 0.525. The van der Waals surface area contributed by atoms with Crippen LogP contribution in [0.2, 0.25) is 0 Å². The normalized spacial score (nSPS) is 10.4. The van der Waals surface area contributed by atoms with Crippen LogP contribution < -0.4 is 0 Å². The van der Waals surface area contributed by atoms with Gasteiger partial charge in [-0.3, -0.25) is 4.79 Å². The standard InChI is InChI=1S/C11H7Br2N3O3/c12-8-3-1-7(2-4-8)10(17)6-15-5-9(13)11(14-15)16(18)19/h1-5H,6H2. The van der Waals surface area contributed by atoms with Gasteiger partial charge in [0.25, 0.3) is 0 Å². The second-order valence-corrected chi connectivity index (χ2v) is 5.46. The van der Waals surface area contributed by atoms with Crippen LogP contribution in [0.25, 0.3) is 0 Å². The number of carbonyl (C=O) groups is 1. The molecule has 0 unspecified atom stereocenters. The van der Waals surface area contributed by atoms with Gasteiger partial charge in [0, 0.05) is 10.0 Å². The molecule has 0 amide bonds. The molecule has 6 nitrogen and oxygen atoms in total. The van der Waals surface area contributed by atoms with Crippen LogP contribution >= 0.6 is 31.9 Å². The van der Waals surface area contributed by atoms with Gasteiger partial charge in [0.1, 0.15) is 11.0 Å². The highest BCUT2D eigenvalue weighted by molar-refractivity contribution is 9.10. The smallest absolute Gasteiger partial charge is 0.358 e. The first kappa shape index (κ1) is 13.9. The minimum absolute atomic E-state index is 0.0475. The van der Waals surface area contributed by atoms with Crippen LogP contribution in [-0.4, -0.2) is 20.5 Å². The van der Waals surface area contributed by atoms with Crippen LogP contribution in [0.3, 0.4) is 0 Å². The molecule has 1 heterocycles. The van der Waals surface area contributed by atoms with Crippen molar-refractivity contribution in [3.05, 3.63) is 55.1 Å². The van der Waals surface area contributed by atoms with E-state index in [9.17, 15) is 14.9 Å². The predicted molar refractivity (Wildman–Crippen MR) is 75.1 cm³/mol. The Kier molecular flexibility index (Phi) is 4.11. The summed E-state index contributed by atoms with van der Waals surface area (Å²) < 4.78 is 2.37. The molecule has 0 aliphatic heterocycles. The Morgan fingerprint density at radius 2 is 1.95 bits per heavy atom. The van der Waals surface area contributed by atoms with E-state index in [1.165, 1.54) is 10.9 Å². The molecular weight excluding hydrogens is 382 g/mol.